The number of nitrogens with one attached hydrogen (secondary N) is 2. The second-order valence-corrected chi connectivity index (χ2v) is 8.78. The summed E-state index contributed by atoms with van der Waals surface area (Å²) >= 11 is 0. The smallest absolute Gasteiger partial charge is 0.223 e. The van der Waals surface area contributed by atoms with Crippen molar-refractivity contribution >= 4 is 11.6 Å². The van der Waals surface area contributed by atoms with E-state index >= 15 is 0 Å². The number of hydrogen-bond acceptors (Lipinski definition) is 4. The van der Waals surface area contributed by atoms with Gasteiger partial charge in [-0.05, 0) is 49.3 Å². The third-order valence-electron chi connectivity index (χ3n) is 6.42. The van der Waals surface area contributed by atoms with Crippen molar-refractivity contribution in [1.29, 1.82) is 0 Å². The van der Waals surface area contributed by atoms with E-state index in [-0.39, 0.29) is 5.91 Å². The molecule has 2 N–H and O–H groups in total. The van der Waals surface area contributed by atoms with Crippen LogP contribution in [0.15, 0.2) is 36.4 Å². The highest BCUT2D eigenvalue weighted by molar-refractivity contribution is 5.92. The van der Waals surface area contributed by atoms with Crippen LogP contribution in [0.3, 0.4) is 0 Å². The summed E-state index contributed by atoms with van der Waals surface area (Å²) in [6, 6.07) is 5.09. The average molecular weight is 412 g/mol. The molecule has 5 heteroatoms. The van der Waals surface area contributed by atoms with Crippen molar-refractivity contribution < 1.29 is 9.53 Å². The Balaban J connectivity index is 1.81. The molecular weight excluding hydrogens is 374 g/mol. The summed E-state index contributed by atoms with van der Waals surface area (Å²) in [7, 11) is 3.53. The van der Waals surface area contributed by atoms with Gasteiger partial charge in [-0.2, -0.15) is 0 Å². The molecule has 5 nitrogen and oxygen atoms in total. The van der Waals surface area contributed by atoms with E-state index in [4.69, 9.17) is 4.74 Å². The average Bonchev–Trinajstić information content (AvgIpc) is 2.77. The lowest BCUT2D eigenvalue weighted by molar-refractivity contribution is -0.116. The molecular formula is C25H37N3O2. The summed E-state index contributed by atoms with van der Waals surface area (Å²) in [5.74, 6) is 1.70. The predicted octanol–water partition coefficient (Wildman–Crippen LogP) is 4.14. The number of allylic oxidation sites excluding steroid dienone is 3. The molecule has 2 unspecified atom stereocenters. The molecule has 1 aromatic carbocycles. The normalized spacial score (nSPS) is 23.6. The monoisotopic (exact) mass is 411 g/mol. The van der Waals surface area contributed by atoms with Gasteiger partial charge in [0.15, 0.2) is 0 Å². The molecule has 1 saturated heterocycles. The number of hydrogen-bond donors (Lipinski definition) is 2. The summed E-state index contributed by atoms with van der Waals surface area (Å²) < 4.78 is 5.72. The molecule has 164 valence electrons. The van der Waals surface area contributed by atoms with Gasteiger partial charge in [0.1, 0.15) is 5.75 Å². The maximum Gasteiger partial charge on any atom is 0.223 e. The molecule has 3 atom stereocenters. The van der Waals surface area contributed by atoms with E-state index in [9.17, 15) is 4.79 Å². The minimum atomic E-state index is 0.0236. The molecule has 2 aliphatic rings. The first-order chi connectivity index (χ1) is 14.4. The minimum Gasteiger partial charge on any atom is -0.496 e. The number of methoxy groups -OCH3 is 1. The van der Waals surface area contributed by atoms with Gasteiger partial charge in [0.2, 0.25) is 5.91 Å². The topological polar surface area (TPSA) is 53.6 Å². The highest BCUT2D eigenvalue weighted by Gasteiger charge is 2.30. The van der Waals surface area contributed by atoms with Crippen LogP contribution in [0.25, 0.3) is 0 Å². The van der Waals surface area contributed by atoms with Gasteiger partial charge in [0, 0.05) is 44.2 Å². The molecule has 1 fully saturated rings. The van der Waals surface area contributed by atoms with E-state index in [0.717, 1.165) is 36.5 Å². The third-order valence-corrected chi connectivity index (χ3v) is 6.42. The van der Waals surface area contributed by atoms with Gasteiger partial charge >= 0.3 is 0 Å². The fourth-order valence-electron chi connectivity index (χ4n) is 4.58. The lowest BCUT2D eigenvalue weighted by Crippen LogP contribution is -2.54. The molecule has 3 rings (SSSR count). The van der Waals surface area contributed by atoms with Gasteiger partial charge in [0.05, 0.1) is 12.8 Å². The van der Waals surface area contributed by atoms with E-state index in [2.05, 4.69) is 54.9 Å². The number of carbonyl (C=O) groups is 1. The standard InChI is InChI=1S/C25H37N3O2/c1-17(2)21-14-20(24(30-5)15-23(21)28(4)18(3)29)16-27-22-12-9-13-26-25(22)19-10-7-6-8-11-19/h6-8,10,14-15,17,19,22,25-27H,9,11-13,16H2,1-5H3/t19?,22?,25-/m0/s1. The van der Waals surface area contributed by atoms with E-state index in [1.54, 1.807) is 18.9 Å². The van der Waals surface area contributed by atoms with Crippen molar-refractivity contribution in [3.63, 3.8) is 0 Å². The van der Waals surface area contributed by atoms with Crippen LogP contribution >= 0.6 is 0 Å². The quantitative estimate of drug-likeness (QED) is 0.708. The van der Waals surface area contributed by atoms with Crippen molar-refractivity contribution in [1.82, 2.24) is 10.6 Å². The zero-order chi connectivity index (χ0) is 21.7. The molecule has 30 heavy (non-hydrogen) atoms. The fourth-order valence-corrected chi connectivity index (χ4v) is 4.58. The summed E-state index contributed by atoms with van der Waals surface area (Å²) in [5.41, 5.74) is 3.24. The van der Waals surface area contributed by atoms with E-state index in [0.29, 0.717) is 23.9 Å². The Labute approximate surface area is 181 Å². The van der Waals surface area contributed by atoms with Gasteiger partial charge in [-0.25, -0.2) is 0 Å². The van der Waals surface area contributed by atoms with Crippen LogP contribution < -0.4 is 20.3 Å². The van der Waals surface area contributed by atoms with Crippen molar-refractivity contribution in [2.45, 2.75) is 64.6 Å². The van der Waals surface area contributed by atoms with Crippen molar-refractivity contribution in [3.05, 3.63) is 47.6 Å². The zero-order valence-corrected chi connectivity index (χ0v) is 19.1. The zero-order valence-electron chi connectivity index (χ0n) is 19.1. The summed E-state index contributed by atoms with van der Waals surface area (Å²) in [6.45, 7) is 7.77. The number of ether oxygens (including phenoxy) is 1. The first-order valence-electron chi connectivity index (χ1n) is 11.2. The molecule has 0 aromatic heterocycles. The highest BCUT2D eigenvalue weighted by Crippen LogP contribution is 2.34. The Morgan fingerprint density at radius 2 is 2.13 bits per heavy atom. The molecule has 0 bridgehead atoms. The Kier molecular flexibility index (Phi) is 7.73. The summed E-state index contributed by atoms with van der Waals surface area (Å²) in [6.07, 6.45) is 12.4. The SMILES string of the molecule is COc1cc(N(C)C(C)=O)c(C(C)C)cc1CNC1CCCN[C@H]1C1C=CC=CC1. The van der Waals surface area contributed by atoms with E-state index < -0.39 is 0 Å². The van der Waals surface area contributed by atoms with Gasteiger partial charge in [0.25, 0.3) is 0 Å². The lowest BCUT2D eigenvalue weighted by atomic mass is 9.84. The summed E-state index contributed by atoms with van der Waals surface area (Å²) in [4.78, 5) is 13.7. The molecule has 0 saturated carbocycles. The van der Waals surface area contributed by atoms with Crippen LogP contribution in [0.1, 0.15) is 57.1 Å². The second kappa shape index (κ2) is 10.3. The van der Waals surface area contributed by atoms with E-state index in [1.807, 2.05) is 13.1 Å². The number of amides is 1. The fraction of sp³-hybridized carbons (Fsp3) is 0.560. The number of rotatable bonds is 7. The largest absolute Gasteiger partial charge is 0.496 e. The minimum absolute atomic E-state index is 0.0236. The Morgan fingerprint density at radius 3 is 2.77 bits per heavy atom. The molecule has 0 spiro atoms. The molecule has 1 aliphatic heterocycles. The highest BCUT2D eigenvalue weighted by atomic mass is 16.5. The van der Waals surface area contributed by atoms with Crippen LogP contribution in [0.2, 0.25) is 0 Å². The van der Waals surface area contributed by atoms with Crippen molar-refractivity contribution in [3.8, 4) is 5.75 Å². The maximum atomic E-state index is 12.0. The second-order valence-electron chi connectivity index (χ2n) is 8.78. The van der Waals surface area contributed by atoms with Crippen LogP contribution in [-0.2, 0) is 11.3 Å². The molecule has 1 amide bonds. The molecule has 1 heterocycles. The Hall–Kier alpha value is -2.11. The lowest BCUT2D eigenvalue weighted by Gasteiger charge is -2.38. The predicted molar refractivity (Wildman–Crippen MR) is 124 cm³/mol. The number of carbonyl (C=O) groups excluding carboxylic acids is 1. The third kappa shape index (κ3) is 5.13. The van der Waals surface area contributed by atoms with Crippen LogP contribution in [0.5, 0.6) is 5.75 Å². The van der Waals surface area contributed by atoms with Gasteiger partial charge in [-0.1, -0.05) is 38.2 Å². The molecule has 1 aliphatic carbocycles. The Morgan fingerprint density at radius 1 is 1.33 bits per heavy atom. The number of piperidine rings is 1. The first kappa shape index (κ1) is 22.6. The first-order valence-corrected chi connectivity index (χ1v) is 11.2. The molecule has 0 radical (unpaired) electrons. The number of benzene rings is 1. The van der Waals surface area contributed by atoms with Crippen LogP contribution in [-0.4, -0.2) is 38.7 Å². The van der Waals surface area contributed by atoms with Crippen molar-refractivity contribution in [2.24, 2.45) is 5.92 Å². The number of anilines is 1. The van der Waals surface area contributed by atoms with Gasteiger partial charge in [-0.15, -0.1) is 0 Å². The van der Waals surface area contributed by atoms with Crippen LogP contribution in [0, 0.1) is 5.92 Å². The molecule has 1 aromatic rings. The van der Waals surface area contributed by atoms with Gasteiger partial charge < -0.3 is 20.3 Å². The van der Waals surface area contributed by atoms with Crippen LogP contribution in [0.4, 0.5) is 5.69 Å². The Bertz CT molecular complexity index is 800. The van der Waals surface area contributed by atoms with Gasteiger partial charge in [-0.3, -0.25) is 4.79 Å². The van der Waals surface area contributed by atoms with Crippen molar-refractivity contribution in [2.75, 3.05) is 25.6 Å². The summed E-state index contributed by atoms with van der Waals surface area (Å²) in [5, 5.41) is 7.56. The maximum absolute atomic E-state index is 12.0. The number of nitrogens with zero attached hydrogens (tertiary/aromatic N) is 1. The van der Waals surface area contributed by atoms with E-state index in [1.165, 1.54) is 18.4 Å².